The number of hydrogen-bond acceptors (Lipinski definition) is 3. The SMILES string of the molecule is COc1c(CC(=O)O)cnc(I)c1C(F)F. The van der Waals surface area contributed by atoms with Crippen molar-refractivity contribution in [3.8, 4) is 5.75 Å². The van der Waals surface area contributed by atoms with Crippen LogP contribution in [0.1, 0.15) is 17.6 Å². The molecule has 0 radical (unpaired) electrons. The number of carboxylic acids is 1. The fourth-order valence-electron chi connectivity index (χ4n) is 1.25. The van der Waals surface area contributed by atoms with Crippen LogP contribution in [-0.4, -0.2) is 23.2 Å². The third-order valence-corrected chi connectivity index (χ3v) is 2.72. The first-order valence-electron chi connectivity index (χ1n) is 4.18. The number of carboxylic acid groups (broad SMARTS) is 1. The van der Waals surface area contributed by atoms with Gasteiger partial charge >= 0.3 is 5.97 Å². The zero-order chi connectivity index (χ0) is 12.3. The summed E-state index contributed by atoms with van der Waals surface area (Å²) >= 11 is 1.66. The number of hydrogen-bond donors (Lipinski definition) is 1. The van der Waals surface area contributed by atoms with E-state index in [9.17, 15) is 13.6 Å². The first-order valence-corrected chi connectivity index (χ1v) is 5.26. The van der Waals surface area contributed by atoms with Gasteiger partial charge in [0.2, 0.25) is 0 Å². The van der Waals surface area contributed by atoms with Crippen LogP contribution in [0.25, 0.3) is 0 Å². The van der Waals surface area contributed by atoms with E-state index in [4.69, 9.17) is 9.84 Å². The molecule has 0 aliphatic carbocycles. The van der Waals surface area contributed by atoms with Gasteiger partial charge in [-0.2, -0.15) is 0 Å². The fourth-order valence-corrected chi connectivity index (χ4v) is 1.87. The van der Waals surface area contributed by atoms with Crippen molar-refractivity contribution in [1.82, 2.24) is 4.98 Å². The Kier molecular flexibility index (Phi) is 4.39. The number of methoxy groups -OCH3 is 1. The second-order valence-electron chi connectivity index (χ2n) is 2.89. The molecule has 0 saturated carbocycles. The van der Waals surface area contributed by atoms with Crippen LogP contribution >= 0.6 is 22.6 Å². The number of halogens is 3. The predicted molar refractivity (Wildman–Crippen MR) is 59.8 cm³/mol. The molecular weight excluding hydrogens is 335 g/mol. The number of carbonyl (C=O) groups is 1. The molecule has 1 aromatic rings. The van der Waals surface area contributed by atoms with E-state index in [0.717, 1.165) is 0 Å². The van der Waals surface area contributed by atoms with Crippen molar-refractivity contribution >= 4 is 28.6 Å². The highest BCUT2D eigenvalue weighted by Crippen LogP contribution is 2.34. The summed E-state index contributed by atoms with van der Waals surface area (Å²) in [5.41, 5.74) is -0.215. The summed E-state index contributed by atoms with van der Waals surface area (Å²) in [6, 6.07) is 0. The summed E-state index contributed by atoms with van der Waals surface area (Å²) in [4.78, 5) is 14.3. The lowest BCUT2D eigenvalue weighted by molar-refractivity contribution is -0.136. The number of pyridine rings is 1. The van der Waals surface area contributed by atoms with Gasteiger partial charge in [-0.1, -0.05) is 0 Å². The van der Waals surface area contributed by atoms with Crippen LogP contribution in [0.2, 0.25) is 0 Å². The standard InChI is InChI=1S/C9H8F2INO3/c1-16-7-4(2-5(14)15)3-13-9(12)6(7)8(10)11/h3,8H,2H2,1H3,(H,14,15). The van der Waals surface area contributed by atoms with Crippen molar-refractivity contribution < 1.29 is 23.4 Å². The molecule has 0 spiro atoms. The molecule has 16 heavy (non-hydrogen) atoms. The molecule has 1 heterocycles. The predicted octanol–water partition coefficient (Wildman–Crippen LogP) is 2.26. The molecule has 0 amide bonds. The molecule has 1 N–H and O–H groups in total. The number of rotatable bonds is 4. The van der Waals surface area contributed by atoms with Crippen LogP contribution in [0.4, 0.5) is 8.78 Å². The highest BCUT2D eigenvalue weighted by molar-refractivity contribution is 14.1. The highest BCUT2D eigenvalue weighted by atomic mass is 127. The van der Waals surface area contributed by atoms with Gasteiger partial charge in [-0.25, -0.2) is 13.8 Å². The van der Waals surface area contributed by atoms with Gasteiger partial charge in [0.25, 0.3) is 6.43 Å². The molecule has 0 aliphatic rings. The van der Waals surface area contributed by atoms with Gasteiger partial charge in [0.1, 0.15) is 9.45 Å². The van der Waals surface area contributed by atoms with Gasteiger partial charge in [-0.15, -0.1) is 0 Å². The minimum Gasteiger partial charge on any atom is -0.496 e. The zero-order valence-corrected chi connectivity index (χ0v) is 10.4. The van der Waals surface area contributed by atoms with Gasteiger partial charge in [-0.05, 0) is 22.6 Å². The van der Waals surface area contributed by atoms with E-state index in [1.807, 2.05) is 0 Å². The Labute approximate surface area is 104 Å². The Balaban J connectivity index is 3.30. The third kappa shape index (κ3) is 2.77. The molecule has 1 rings (SSSR count). The molecule has 88 valence electrons. The van der Waals surface area contributed by atoms with Crippen molar-refractivity contribution in [2.24, 2.45) is 0 Å². The third-order valence-electron chi connectivity index (χ3n) is 1.86. The van der Waals surface area contributed by atoms with Crippen molar-refractivity contribution in [3.63, 3.8) is 0 Å². The van der Waals surface area contributed by atoms with Gasteiger partial charge in [0.15, 0.2) is 0 Å². The fraction of sp³-hybridized carbons (Fsp3) is 0.333. The summed E-state index contributed by atoms with van der Waals surface area (Å²) in [6.45, 7) is 0. The lowest BCUT2D eigenvalue weighted by atomic mass is 10.1. The van der Waals surface area contributed by atoms with Crippen molar-refractivity contribution in [3.05, 3.63) is 21.0 Å². The molecule has 0 saturated heterocycles. The second-order valence-corrected chi connectivity index (χ2v) is 3.91. The lowest BCUT2D eigenvalue weighted by Gasteiger charge is -2.12. The summed E-state index contributed by atoms with van der Waals surface area (Å²) in [6.07, 6.45) is -1.91. The van der Waals surface area contributed by atoms with E-state index < -0.39 is 18.8 Å². The lowest BCUT2D eigenvalue weighted by Crippen LogP contribution is -2.07. The monoisotopic (exact) mass is 343 g/mol. The quantitative estimate of drug-likeness (QED) is 0.673. The topological polar surface area (TPSA) is 59.4 Å². The van der Waals surface area contributed by atoms with E-state index in [1.165, 1.54) is 13.3 Å². The molecule has 0 unspecified atom stereocenters. The smallest absolute Gasteiger partial charge is 0.308 e. The average Bonchev–Trinajstić information content (AvgIpc) is 2.18. The van der Waals surface area contributed by atoms with Crippen LogP contribution < -0.4 is 4.74 Å². The van der Waals surface area contributed by atoms with Gasteiger partial charge < -0.3 is 9.84 Å². The minimum absolute atomic E-state index is 0.100. The van der Waals surface area contributed by atoms with E-state index in [1.54, 1.807) is 22.6 Å². The maximum absolute atomic E-state index is 12.7. The summed E-state index contributed by atoms with van der Waals surface area (Å²) in [5, 5.41) is 8.61. The molecule has 0 bridgehead atoms. The van der Waals surface area contributed by atoms with Crippen molar-refractivity contribution in [2.75, 3.05) is 7.11 Å². The Hall–Kier alpha value is -0.990. The normalized spacial score (nSPS) is 10.6. The van der Waals surface area contributed by atoms with Crippen LogP contribution in [0.15, 0.2) is 6.20 Å². The number of ether oxygens (including phenoxy) is 1. The minimum atomic E-state index is -2.75. The average molecular weight is 343 g/mol. The Morgan fingerprint density at radius 2 is 2.31 bits per heavy atom. The molecule has 1 aromatic heterocycles. The largest absolute Gasteiger partial charge is 0.496 e. The molecule has 0 aliphatic heterocycles. The van der Waals surface area contributed by atoms with E-state index >= 15 is 0 Å². The molecular formula is C9H8F2INO3. The van der Waals surface area contributed by atoms with Crippen LogP contribution in [0.3, 0.4) is 0 Å². The van der Waals surface area contributed by atoms with Crippen LogP contribution in [0, 0.1) is 3.70 Å². The number of aromatic nitrogens is 1. The van der Waals surface area contributed by atoms with Gasteiger partial charge in [0.05, 0.1) is 19.1 Å². The summed E-state index contributed by atoms with van der Waals surface area (Å²) in [7, 11) is 1.22. The number of alkyl halides is 2. The maximum Gasteiger partial charge on any atom is 0.308 e. The van der Waals surface area contributed by atoms with Crippen LogP contribution in [0.5, 0.6) is 5.75 Å². The molecule has 7 heteroatoms. The Morgan fingerprint density at radius 1 is 1.69 bits per heavy atom. The van der Waals surface area contributed by atoms with Crippen molar-refractivity contribution in [2.45, 2.75) is 12.8 Å². The Bertz CT molecular complexity index is 412. The highest BCUT2D eigenvalue weighted by Gasteiger charge is 2.22. The van der Waals surface area contributed by atoms with E-state index in [-0.39, 0.29) is 20.6 Å². The van der Waals surface area contributed by atoms with Gasteiger partial charge in [-0.3, -0.25) is 4.79 Å². The Morgan fingerprint density at radius 3 is 2.75 bits per heavy atom. The zero-order valence-electron chi connectivity index (χ0n) is 8.21. The van der Waals surface area contributed by atoms with Gasteiger partial charge in [0, 0.05) is 11.8 Å². The molecule has 0 aromatic carbocycles. The first kappa shape index (κ1) is 13.1. The number of nitrogens with zero attached hydrogens (tertiary/aromatic N) is 1. The first-order chi connectivity index (χ1) is 7.47. The molecule has 0 atom stereocenters. The van der Waals surface area contributed by atoms with E-state index in [0.29, 0.717) is 0 Å². The molecule has 4 nitrogen and oxygen atoms in total. The van der Waals surface area contributed by atoms with Crippen LogP contribution in [-0.2, 0) is 11.2 Å². The summed E-state index contributed by atoms with van der Waals surface area (Å²) < 4.78 is 30.4. The number of aliphatic carboxylic acids is 1. The summed E-state index contributed by atoms with van der Waals surface area (Å²) in [5.74, 6) is -1.22. The second kappa shape index (κ2) is 5.37. The maximum atomic E-state index is 12.7. The molecule has 0 fully saturated rings. The van der Waals surface area contributed by atoms with Crippen molar-refractivity contribution in [1.29, 1.82) is 0 Å². The van der Waals surface area contributed by atoms with E-state index in [2.05, 4.69) is 4.98 Å².